The first-order valence-corrected chi connectivity index (χ1v) is 7.31. The van der Waals surface area contributed by atoms with Crippen LogP contribution in [-0.2, 0) is 33.3 Å². The van der Waals surface area contributed by atoms with Gasteiger partial charge in [0.05, 0.1) is 6.04 Å². The van der Waals surface area contributed by atoms with E-state index in [1.165, 1.54) is 20.8 Å². The fourth-order valence-corrected chi connectivity index (χ4v) is 2.37. The third kappa shape index (κ3) is 5.77. The van der Waals surface area contributed by atoms with Crippen LogP contribution in [0.5, 0.6) is 0 Å². The van der Waals surface area contributed by atoms with Gasteiger partial charge in [-0.15, -0.1) is 0 Å². The predicted molar refractivity (Wildman–Crippen MR) is 76.1 cm³/mol. The molecule has 0 aromatic rings. The van der Waals surface area contributed by atoms with Crippen LogP contribution < -0.4 is 5.32 Å². The highest BCUT2D eigenvalue weighted by Crippen LogP contribution is 2.26. The summed E-state index contributed by atoms with van der Waals surface area (Å²) in [5.74, 6) is -1.77. The number of rotatable bonds is 6. The molecule has 1 aliphatic rings. The van der Waals surface area contributed by atoms with Crippen molar-refractivity contribution in [3.8, 4) is 0 Å². The van der Waals surface area contributed by atoms with Crippen LogP contribution in [0.3, 0.4) is 0 Å². The molecule has 0 aliphatic carbocycles. The molecular weight excluding hydrogens is 310 g/mol. The van der Waals surface area contributed by atoms with Gasteiger partial charge in [-0.25, -0.2) is 0 Å². The maximum atomic E-state index is 11.4. The van der Waals surface area contributed by atoms with Gasteiger partial charge in [-0.05, 0) is 6.54 Å². The van der Waals surface area contributed by atoms with Gasteiger partial charge in [0.15, 0.2) is 18.5 Å². The minimum absolute atomic E-state index is 0.249. The van der Waals surface area contributed by atoms with E-state index in [1.807, 2.05) is 0 Å². The van der Waals surface area contributed by atoms with Crippen LogP contribution in [0.1, 0.15) is 27.7 Å². The minimum atomic E-state index is -1.33. The Balaban J connectivity index is 3.04. The zero-order chi connectivity index (χ0) is 17.6. The van der Waals surface area contributed by atoms with Gasteiger partial charge in [-0.1, -0.05) is 6.92 Å². The first-order chi connectivity index (χ1) is 10.8. The highest BCUT2D eigenvalue weighted by Gasteiger charge is 2.49. The largest absolute Gasteiger partial charge is 0.463 e. The first kappa shape index (κ1) is 19.3. The van der Waals surface area contributed by atoms with Crippen LogP contribution >= 0.6 is 0 Å². The second-order valence-corrected chi connectivity index (χ2v) is 5.10. The summed E-state index contributed by atoms with van der Waals surface area (Å²) >= 11 is 0. The molecule has 1 rings (SSSR count). The van der Waals surface area contributed by atoms with Crippen LogP contribution in [0.15, 0.2) is 0 Å². The normalized spacial score (nSPS) is 30.4. The second kappa shape index (κ2) is 8.80. The van der Waals surface area contributed by atoms with Crippen molar-refractivity contribution in [1.82, 2.24) is 5.32 Å². The maximum Gasteiger partial charge on any atom is 0.303 e. The smallest absolute Gasteiger partial charge is 0.303 e. The van der Waals surface area contributed by atoms with E-state index in [9.17, 15) is 19.5 Å². The van der Waals surface area contributed by atoms with Crippen molar-refractivity contribution in [1.29, 1.82) is 0 Å². The summed E-state index contributed by atoms with van der Waals surface area (Å²) in [7, 11) is 0. The van der Waals surface area contributed by atoms with Crippen molar-refractivity contribution >= 4 is 17.9 Å². The highest BCUT2D eigenvalue weighted by atomic mass is 16.7. The van der Waals surface area contributed by atoms with E-state index in [-0.39, 0.29) is 6.61 Å². The number of nitrogens with one attached hydrogen (secondary N) is 1. The third-order valence-corrected chi connectivity index (χ3v) is 3.16. The molecule has 0 aromatic heterocycles. The van der Waals surface area contributed by atoms with Crippen LogP contribution in [0, 0.1) is 0 Å². The fourth-order valence-electron chi connectivity index (χ4n) is 2.37. The molecule has 2 N–H and O–H groups in total. The minimum Gasteiger partial charge on any atom is -0.463 e. The number of likely N-dealkylation sites (N-methyl/N-ethyl adjacent to an activating group) is 1. The van der Waals surface area contributed by atoms with Crippen molar-refractivity contribution < 1.29 is 38.4 Å². The number of aliphatic hydroxyl groups is 1. The molecule has 1 aliphatic heterocycles. The monoisotopic (exact) mass is 333 g/mol. The molecule has 1 heterocycles. The summed E-state index contributed by atoms with van der Waals surface area (Å²) in [6.45, 7) is 5.62. The van der Waals surface area contributed by atoms with E-state index in [4.69, 9.17) is 18.9 Å². The van der Waals surface area contributed by atoms with E-state index < -0.39 is 48.6 Å². The average Bonchev–Trinajstić information content (AvgIpc) is 2.42. The lowest BCUT2D eigenvalue weighted by Gasteiger charge is -2.43. The van der Waals surface area contributed by atoms with Crippen molar-refractivity contribution in [2.75, 3.05) is 13.2 Å². The van der Waals surface area contributed by atoms with Crippen LogP contribution in [-0.4, -0.2) is 66.8 Å². The molecule has 1 saturated heterocycles. The number of hydrogen-bond donors (Lipinski definition) is 2. The first-order valence-electron chi connectivity index (χ1n) is 7.31. The van der Waals surface area contributed by atoms with Gasteiger partial charge in [-0.3, -0.25) is 14.4 Å². The van der Waals surface area contributed by atoms with Gasteiger partial charge in [-0.2, -0.15) is 0 Å². The van der Waals surface area contributed by atoms with Gasteiger partial charge >= 0.3 is 17.9 Å². The van der Waals surface area contributed by atoms with Gasteiger partial charge in [0.25, 0.3) is 0 Å². The van der Waals surface area contributed by atoms with Crippen LogP contribution in [0.4, 0.5) is 0 Å². The lowest BCUT2D eigenvalue weighted by atomic mass is 9.96. The SMILES string of the molecule is CCN[C@H]1C(O)O[C@H](COC(C)=O)[C@@H](OC(C)=O)[C@@H]1OC(C)=O. The molecule has 23 heavy (non-hydrogen) atoms. The maximum absolute atomic E-state index is 11.4. The van der Waals surface area contributed by atoms with Crippen molar-refractivity contribution in [2.24, 2.45) is 0 Å². The van der Waals surface area contributed by atoms with Crippen molar-refractivity contribution in [2.45, 2.75) is 58.3 Å². The standard InChI is InChI=1S/C14H23NO8/c1-5-15-11-13(22-9(4)18)12(21-8(3)17)10(23-14(11)19)6-20-7(2)16/h10-15,19H,5-6H2,1-4H3/t10-,11-,12-,13-,14?/m1/s1. The van der Waals surface area contributed by atoms with E-state index >= 15 is 0 Å². The topological polar surface area (TPSA) is 120 Å². The predicted octanol–water partition coefficient (Wildman–Crippen LogP) is -0.892. The van der Waals surface area contributed by atoms with Gasteiger partial charge in [0.1, 0.15) is 12.7 Å². The molecule has 1 fully saturated rings. The summed E-state index contributed by atoms with van der Waals surface area (Å²) < 4.78 is 20.6. The lowest BCUT2D eigenvalue weighted by molar-refractivity contribution is -0.265. The second-order valence-electron chi connectivity index (χ2n) is 5.10. The molecule has 0 amide bonds. The molecule has 0 spiro atoms. The fraction of sp³-hybridized carbons (Fsp3) is 0.786. The molecule has 1 unspecified atom stereocenters. The summed E-state index contributed by atoms with van der Waals surface area (Å²) in [4.78, 5) is 33.7. The average molecular weight is 333 g/mol. The Hall–Kier alpha value is -1.71. The number of esters is 3. The van der Waals surface area contributed by atoms with E-state index in [0.717, 1.165) is 0 Å². The Labute approximate surface area is 134 Å². The Morgan fingerprint density at radius 1 is 1.04 bits per heavy atom. The molecule has 5 atom stereocenters. The quantitative estimate of drug-likeness (QED) is 0.471. The Morgan fingerprint density at radius 3 is 2.09 bits per heavy atom. The molecular formula is C14H23NO8. The van der Waals surface area contributed by atoms with Gasteiger partial charge < -0.3 is 29.4 Å². The Kier molecular flexibility index (Phi) is 7.40. The van der Waals surface area contributed by atoms with Gasteiger partial charge in [0.2, 0.25) is 0 Å². The summed E-state index contributed by atoms with van der Waals surface area (Å²) in [5, 5.41) is 13.0. The van der Waals surface area contributed by atoms with Crippen LogP contribution in [0.25, 0.3) is 0 Å². The number of ether oxygens (including phenoxy) is 4. The highest BCUT2D eigenvalue weighted by molar-refractivity contribution is 5.67. The lowest BCUT2D eigenvalue weighted by Crippen LogP contribution is -2.65. The molecule has 0 saturated carbocycles. The molecule has 132 valence electrons. The summed E-state index contributed by atoms with van der Waals surface area (Å²) in [5.41, 5.74) is 0. The van der Waals surface area contributed by atoms with E-state index in [2.05, 4.69) is 5.32 Å². The summed E-state index contributed by atoms with van der Waals surface area (Å²) in [6.07, 6.45) is -4.30. The number of aliphatic hydroxyl groups excluding tert-OH is 1. The molecule has 0 radical (unpaired) electrons. The zero-order valence-electron chi connectivity index (χ0n) is 13.6. The third-order valence-electron chi connectivity index (χ3n) is 3.16. The van der Waals surface area contributed by atoms with Crippen LogP contribution in [0.2, 0.25) is 0 Å². The number of carbonyl (C=O) groups is 3. The van der Waals surface area contributed by atoms with Crippen molar-refractivity contribution in [3.63, 3.8) is 0 Å². The van der Waals surface area contributed by atoms with Crippen molar-refractivity contribution in [3.05, 3.63) is 0 Å². The molecule has 9 nitrogen and oxygen atoms in total. The van der Waals surface area contributed by atoms with E-state index in [1.54, 1.807) is 6.92 Å². The zero-order valence-corrected chi connectivity index (χ0v) is 13.6. The molecule has 0 aromatic carbocycles. The number of hydrogen-bond acceptors (Lipinski definition) is 9. The molecule has 9 heteroatoms. The Bertz CT molecular complexity index is 440. The van der Waals surface area contributed by atoms with E-state index in [0.29, 0.717) is 6.54 Å². The Morgan fingerprint density at radius 2 is 1.61 bits per heavy atom. The summed E-state index contributed by atoms with van der Waals surface area (Å²) in [6, 6.07) is -0.790. The number of carbonyl (C=O) groups excluding carboxylic acids is 3. The van der Waals surface area contributed by atoms with Gasteiger partial charge in [0, 0.05) is 20.8 Å². The molecule has 0 bridgehead atoms.